The molecule has 14 aromatic carbocycles. The molecular formula is C97H57F2N15. The summed E-state index contributed by atoms with van der Waals surface area (Å²) in [4.78, 5) is 61.8. The number of benzene rings is 14. The average molecular weight is 1470 g/mol. The van der Waals surface area contributed by atoms with Gasteiger partial charge in [0.25, 0.3) is 0 Å². The van der Waals surface area contributed by atoms with E-state index in [0.717, 1.165) is 72.1 Å². The first-order valence-corrected chi connectivity index (χ1v) is 36.9. The largest absolute Gasteiger partial charge is 0.309 e. The van der Waals surface area contributed by atoms with E-state index in [2.05, 4.69) is 6.07 Å². The number of hydrogen-bond acceptors (Lipinski definition) is 13. The lowest BCUT2D eigenvalue weighted by molar-refractivity contribution is 0.584. The first-order chi connectivity index (χ1) is 56.2. The van der Waals surface area contributed by atoms with E-state index in [-0.39, 0.29) is 11.1 Å². The highest BCUT2D eigenvalue weighted by Crippen LogP contribution is 2.45. The minimum Gasteiger partial charge on any atom is -0.309 e. The van der Waals surface area contributed by atoms with Crippen molar-refractivity contribution in [1.82, 2.24) is 68.9 Å². The van der Waals surface area contributed by atoms with E-state index in [9.17, 15) is 5.26 Å². The van der Waals surface area contributed by atoms with E-state index >= 15 is 8.78 Å². The van der Waals surface area contributed by atoms with Crippen LogP contribution in [0.3, 0.4) is 0 Å². The predicted octanol–water partition coefficient (Wildman–Crippen LogP) is 22.4. The van der Waals surface area contributed by atoms with Gasteiger partial charge in [-0.25, -0.2) is 68.6 Å². The molecule has 0 aliphatic heterocycles. The van der Waals surface area contributed by atoms with Crippen LogP contribution in [0.5, 0.6) is 0 Å². The summed E-state index contributed by atoms with van der Waals surface area (Å²) in [5.74, 6) is 3.63. The molecule has 114 heavy (non-hydrogen) atoms. The van der Waals surface area contributed by atoms with E-state index in [4.69, 9.17) is 59.8 Å². The molecule has 0 atom stereocenters. The summed E-state index contributed by atoms with van der Waals surface area (Å²) in [5, 5.41) is 15.5. The third-order valence-corrected chi connectivity index (χ3v) is 20.3. The molecule has 0 saturated carbocycles. The Balaban J connectivity index is 0.875. The van der Waals surface area contributed by atoms with Gasteiger partial charge in [0.2, 0.25) is 0 Å². The van der Waals surface area contributed by atoms with Crippen LogP contribution < -0.4 is 0 Å². The molecule has 6 aromatic heterocycles. The lowest BCUT2D eigenvalue weighted by Crippen LogP contribution is -2.05. The number of nitrogens with zero attached hydrogens (tertiary/aromatic N) is 15. The molecule has 534 valence electrons. The molecule has 0 amide bonds. The van der Waals surface area contributed by atoms with Gasteiger partial charge in [-0.1, -0.05) is 291 Å². The number of aromatic nitrogens is 14. The molecule has 17 heteroatoms. The molecule has 0 bridgehead atoms. The summed E-state index contributed by atoms with van der Waals surface area (Å²) in [6, 6.07) is 112. The minimum atomic E-state index is -0.819. The van der Waals surface area contributed by atoms with Crippen LogP contribution >= 0.6 is 0 Å². The summed E-state index contributed by atoms with van der Waals surface area (Å²) in [6.07, 6.45) is 0. The van der Waals surface area contributed by atoms with Crippen LogP contribution in [0.1, 0.15) is 5.56 Å². The van der Waals surface area contributed by atoms with Crippen LogP contribution in [0.4, 0.5) is 8.78 Å². The maximum absolute atomic E-state index is 16.7. The topological polar surface area (TPSA) is 188 Å². The smallest absolute Gasteiger partial charge is 0.164 e. The zero-order chi connectivity index (χ0) is 76.2. The molecular weight excluding hydrogens is 1410 g/mol. The van der Waals surface area contributed by atoms with Crippen molar-refractivity contribution < 1.29 is 8.78 Å². The van der Waals surface area contributed by atoms with Crippen molar-refractivity contribution in [2.45, 2.75) is 0 Å². The highest BCUT2D eigenvalue weighted by molar-refractivity contribution is 6.13. The van der Waals surface area contributed by atoms with Crippen LogP contribution in [0, 0.1) is 23.0 Å². The van der Waals surface area contributed by atoms with Crippen molar-refractivity contribution in [1.29, 1.82) is 5.26 Å². The fourth-order valence-corrected chi connectivity index (χ4v) is 14.8. The van der Waals surface area contributed by atoms with Gasteiger partial charge in [-0.3, -0.25) is 0 Å². The zero-order valence-electron chi connectivity index (χ0n) is 60.4. The third kappa shape index (κ3) is 12.6. The van der Waals surface area contributed by atoms with E-state index in [1.54, 1.807) is 6.07 Å². The Morgan fingerprint density at radius 1 is 0.202 bits per heavy atom. The van der Waals surface area contributed by atoms with E-state index < -0.39 is 11.6 Å². The number of hydrogen-bond donors (Lipinski definition) is 0. The average Bonchev–Trinajstić information content (AvgIpc) is 1.57. The van der Waals surface area contributed by atoms with Gasteiger partial charge in [-0.15, -0.1) is 0 Å². The predicted molar refractivity (Wildman–Crippen MR) is 444 cm³/mol. The molecule has 20 aromatic rings. The SMILES string of the molecule is N#Cc1cc(-n2c3cc(-c4nc(-c5ccccc5)nc(-c5ccccc5)n4)ccc3c3ccc(-c4nc(-c5ccccc5)nc(-c5ccccc5)n4)cc32)c(-c2cc(F)cc(F)c2)cc1-n1c2cc(-c3nc(-c4ccccc4)nc(-c4ccccc4)n3)ccc2c2ccc(-c3nc(-c4ccccc4)nc(-c4ccccc4)n3)cc21. The second kappa shape index (κ2) is 28.6. The summed E-state index contributed by atoms with van der Waals surface area (Å²) >= 11 is 0. The fraction of sp³-hybridized carbons (Fsp3) is 0. The van der Waals surface area contributed by atoms with Gasteiger partial charge in [0.1, 0.15) is 17.7 Å². The molecule has 0 aliphatic carbocycles. The molecule has 0 unspecified atom stereocenters. The lowest BCUT2D eigenvalue weighted by Gasteiger charge is -2.19. The Labute approximate surface area is 651 Å². The van der Waals surface area contributed by atoms with Gasteiger partial charge in [0, 0.05) is 99.9 Å². The second-order valence-electron chi connectivity index (χ2n) is 27.4. The van der Waals surface area contributed by atoms with Crippen molar-refractivity contribution in [3.8, 4) is 165 Å². The Morgan fingerprint density at radius 2 is 0.412 bits per heavy atom. The molecule has 0 N–H and O–H groups in total. The van der Waals surface area contributed by atoms with Crippen molar-refractivity contribution in [3.05, 3.63) is 363 Å². The van der Waals surface area contributed by atoms with E-state index in [1.165, 1.54) is 12.1 Å². The van der Waals surface area contributed by atoms with E-state index in [1.807, 2.05) is 331 Å². The monoisotopic (exact) mass is 1470 g/mol. The van der Waals surface area contributed by atoms with Gasteiger partial charge in [-0.2, -0.15) is 5.26 Å². The van der Waals surface area contributed by atoms with E-state index in [0.29, 0.717) is 131 Å². The number of halogens is 2. The Morgan fingerprint density at radius 3 is 0.632 bits per heavy atom. The summed E-state index contributed by atoms with van der Waals surface area (Å²) < 4.78 is 37.5. The summed E-state index contributed by atoms with van der Waals surface area (Å²) in [7, 11) is 0. The molecule has 0 fully saturated rings. The molecule has 0 saturated heterocycles. The Kier molecular flexibility index (Phi) is 16.9. The standard InChI is InChI=1S/C97H57F2N15/c98-73-49-71(50-74(99)56-73)79-57-80(113-81-51-67(94-105-86(59-25-9-1-10-26-59)101-87(106-94)60-27-11-2-12-28-60)41-45-75(81)76-46-42-68(52-82(76)113)95-107-88(61-29-13-3-14-30-61)102-89(108-95)62-31-15-4-16-32-62)72(58-100)55-85(79)114-83-53-69(96-109-90(63-33-17-5-18-34-63)103-91(110-96)64-35-19-6-20-36-64)43-47-77(83)78-48-44-70(54-84(78)114)97-111-92(65-37-21-7-22-38-65)104-93(112-97)66-39-23-8-24-40-66/h1-57H. The van der Waals surface area contributed by atoms with Crippen LogP contribution in [0.2, 0.25) is 0 Å². The van der Waals surface area contributed by atoms with Crippen LogP contribution in [-0.4, -0.2) is 68.9 Å². The highest BCUT2D eigenvalue weighted by atomic mass is 19.1. The third-order valence-electron chi connectivity index (χ3n) is 20.3. The highest BCUT2D eigenvalue weighted by Gasteiger charge is 2.27. The lowest BCUT2D eigenvalue weighted by atomic mass is 9.98. The van der Waals surface area contributed by atoms with Crippen molar-refractivity contribution in [2.75, 3.05) is 0 Å². The first kappa shape index (κ1) is 67.4. The normalized spacial score (nSPS) is 11.4. The van der Waals surface area contributed by atoms with Gasteiger partial charge in [0.15, 0.2) is 69.9 Å². The quantitative estimate of drug-likeness (QED) is 0.0944. The molecule has 6 heterocycles. The molecule has 0 spiro atoms. The zero-order valence-corrected chi connectivity index (χ0v) is 60.4. The van der Waals surface area contributed by atoms with Gasteiger partial charge < -0.3 is 9.13 Å². The van der Waals surface area contributed by atoms with Gasteiger partial charge in [0.05, 0.1) is 39.0 Å². The van der Waals surface area contributed by atoms with Crippen LogP contribution in [0.25, 0.3) is 203 Å². The maximum atomic E-state index is 16.7. The van der Waals surface area contributed by atoms with Crippen molar-refractivity contribution in [2.24, 2.45) is 0 Å². The van der Waals surface area contributed by atoms with Crippen LogP contribution in [0.15, 0.2) is 346 Å². The summed E-state index contributed by atoms with van der Waals surface area (Å²) in [6.45, 7) is 0. The number of fused-ring (bicyclic) bond motifs is 6. The molecule has 20 rings (SSSR count). The second-order valence-corrected chi connectivity index (χ2v) is 27.4. The van der Waals surface area contributed by atoms with Crippen molar-refractivity contribution >= 4 is 43.6 Å². The fourth-order valence-electron chi connectivity index (χ4n) is 14.8. The molecule has 15 nitrogen and oxygen atoms in total. The number of rotatable bonds is 15. The Hall–Kier alpha value is -15.9. The number of nitriles is 1. The Bertz CT molecular complexity index is 6560. The first-order valence-electron chi connectivity index (χ1n) is 36.9. The molecule has 0 aliphatic rings. The maximum Gasteiger partial charge on any atom is 0.164 e. The summed E-state index contributed by atoms with van der Waals surface area (Å²) in [5.41, 5.74) is 12.9. The van der Waals surface area contributed by atoms with Gasteiger partial charge in [-0.05, 0) is 54.1 Å². The molecule has 0 radical (unpaired) electrons. The van der Waals surface area contributed by atoms with Gasteiger partial charge >= 0.3 is 0 Å². The minimum absolute atomic E-state index is 0.173. The van der Waals surface area contributed by atoms with Crippen LogP contribution in [-0.2, 0) is 0 Å². The van der Waals surface area contributed by atoms with Crippen molar-refractivity contribution in [3.63, 3.8) is 0 Å².